The van der Waals surface area contributed by atoms with Crippen LogP contribution in [0.15, 0.2) is 36.9 Å². The molecular formula is C12H13N5O. The summed E-state index contributed by atoms with van der Waals surface area (Å²) in [5.74, 6) is 0.299. The maximum atomic E-state index is 11.8. The molecule has 0 aliphatic carbocycles. The number of pyridine rings is 1. The average Bonchev–Trinajstić information content (AvgIpc) is 2.46. The Morgan fingerprint density at radius 1 is 1.28 bits per heavy atom. The minimum Gasteiger partial charge on any atom is -0.372 e. The van der Waals surface area contributed by atoms with Gasteiger partial charge in [-0.1, -0.05) is 6.07 Å². The first-order valence-corrected chi connectivity index (χ1v) is 5.46. The standard InChI is InChI=1S/C12H13N5O/c1-13-11-8-15-7-10(17-11)12(18)16-6-9-3-2-4-14-5-9/h2-5,7-8H,6H2,1H3,(H,13,17)(H,16,18). The van der Waals surface area contributed by atoms with E-state index >= 15 is 0 Å². The molecule has 2 rings (SSSR count). The van der Waals surface area contributed by atoms with Crippen LogP contribution in [-0.4, -0.2) is 27.9 Å². The molecule has 18 heavy (non-hydrogen) atoms. The third-order valence-corrected chi connectivity index (χ3v) is 2.30. The number of carbonyl (C=O) groups excluding carboxylic acids is 1. The van der Waals surface area contributed by atoms with Crippen molar-refractivity contribution in [3.05, 3.63) is 48.2 Å². The van der Waals surface area contributed by atoms with E-state index < -0.39 is 0 Å². The van der Waals surface area contributed by atoms with E-state index in [-0.39, 0.29) is 11.6 Å². The first kappa shape index (κ1) is 12.0. The van der Waals surface area contributed by atoms with Crippen LogP contribution in [0.1, 0.15) is 16.1 Å². The van der Waals surface area contributed by atoms with Gasteiger partial charge in [0, 0.05) is 26.0 Å². The lowest BCUT2D eigenvalue weighted by Crippen LogP contribution is -2.24. The molecule has 0 saturated heterocycles. The molecule has 0 aliphatic heterocycles. The number of amides is 1. The summed E-state index contributed by atoms with van der Waals surface area (Å²) in [6.07, 6.45) is 6.38. The molecule has 6 heteroatoms. The molecule has 2 N–H and O–H groups in total. The van der Waals surface area contributed by atoms with Crippen molar-refractivity contribution >= 4 is 11.7 Å². The van der Waals surface area contributed by atoms with E-state index in [1.807, 2.05) is 12.1 Å². The SMILES string of the molecule is CNc1cncc(C(=O)NCc2cccnc2)n1. The second kappa shape index (κ2) is 5.72. The first-order valence-electron chi connectivity index (χ1n) is 5.46. The summed E-state index contributed by atoms with van der Waals surface area (Å²) < 4.78 is 0. The molecule has 0 saturated carbocycles. The molecule has 0 fully saturated rings. The fourth-order valence-electron chi connectivity index (χ4n) is 1.37. The van der Waals surface area contributed by atoms with Gasteiger partial charge in [0.1, 0.15) is 11.5 Å². The van der Waals surface area contributed by atoms with Gasteiger partial charge in [0.05, 0.1) is 12.4 Å². The van der Waals surface area contributed by atoms with Crippen LogP contribution in [0.25, 0.3) is 0 Å². The molecular weight excluding hydrogens is 230 g/mol. The largest absolute Gasteiger partial charge is 0.372 e. The van der Waals surface area contributed by atoms with Gasteiger partial charge in [-0.2, -0.15) is 0 Å². The van der Waals surface area contributed by atoms with E-state index in [0.29, 0.717) is 12.4 Å². The predicted octanol–water partition coefficient (Wildman–Crippen LogP) is 0.843. The maximum Gasteiger partial charge on any atom is 0.271 e. The Bertz CT molecular complexity index is 529. The second-order valence-electron chi connectivity index (χ2n) is 3.58. The molecule has 0 bridgehead atoms. The van der Waals surface area contributed by atoms with Crippen LogP contribution in [0, 0.1) is 0 Å². The van der Waals surface area contributed by atoms with Crippen LogP contribution in [0.3, 0.4) is 0 Å². The Kier molecular flexibility index (Phi) is 3.80. The van der Waals surface area contributed by atoms with Crippen molar-refractivity contribution in [1.82, 2.24) is 20.3 Å². The Morgan fingerprint density at radius 3 is 2.89 bits per heavy atom. The highest BCUT2D eigenvalue weighted by Gasteiger charge is 2.07. The van der Waals surface area contributed by atoms with Crippen molar-refractivity contribution in [3.63, 3.8) is 0 Å². The number of nitrogens with zero attached hydrogens (tertiary/aromatic N) is 3. The average molecular weight is 243 g/mol. The van der Waals surface area contributed by atoms with Gasteiger partial charge in [-0.3, -0.25) is 14.8 Å². The summed E-state index contributed by atoms with van der Waals surface area (Å²) in [7, 11) is 1.72. The molecule has 2 aromatic heterocycles. The van der Waals surface area contributed by atoms with Crippen molar-refractivity contribution in [2.24, 2.45) is 0 Å². The zero-order valence-corrected chi connectivity index (χ0v) is 9.92. The van der Waals surface area contributed by atoms with E-state index in [2.05, 4.69) is 25.6 Å². The number of aromatic nitrogens is 3. The van der Waals surface area contributed by atoms with Crippen LogP contribution in [-0.2, 0) is 6.54 Å². The highest BCUT2D eigenvalue weighted by molar-refractivity contribution is 5.92. The smallest absolute Gasteiger partial charge is 0.271 e. The van der Waals surface area contributed by atoms with Gasteiger partial charge in [0.25, 0.3) is 5.91 Å². The zero-order chi connectivity index (χ0) is 12.8. The molecule has 6 nitrogen and oxygen atoms in total. The van der Waals surface area contributed by atoms with E-state index in [4.69, 9.17) is 0 Å². The Morgan fingerprint density at radius 2 is 2.17 bits per heavy atom. The lowest BCUT2D eigenvalue weighted by Gasteiger charge is -2.05. The monoisotopic (exact) mass is 243 g/mol. The Labute approximate surface area is 105 Å². The van der Waals surface area contributed by atoms with Gasteiger partial charge in [0.15, 0.2) is 0 Å². The Balaban J connectivity index is 1.99. The fraction of sp³-hybridized carbons (Fsp3) is 0.167. The molecule has 0 aromatic carbocycles. The normalized spacial score (nSPS) is 9.83. The molecule has 1 amide bonds. The van der Waals surface area contributed by atoms with Crippen molar-refractivity contribution in [2.45, 2.75) is 6.54 Å². The van der Waals surface area contributed by atoms with Crippen LogP contribution in [0.4, 0.5) is 5.82 Å². The minimum atomic E-state index is -0.261. The van der Waals surface area contributed by atoms with Crippen molar-refractivity contribution in [1.29, 1.82) is 0 Å². The number of rotatable bonds is 4. The lowest BCUT2D eigenvalue weighted by molar-refractivity contribution is 0.0945. The summed E-state index contributed by atoms with van der Waals surface area (Å²) in [4.78, 5) is 23.8. The van der Waals surface area contributed by atoms with Crippen molar-refractivity contribution < 1.29 is 4.79 Å². The van der Waals surface area contributed by atoms with Crippen molar-refractivity contribution in [3.8, 4) is 0 Å². The minimum absolute atomic E-state index is 0.261. The number of hydrogen-bond donors (Lipinski definition) is 2. The zero-order valence-electron chi connectivity index (χ0n) is 9.92. The molecule has 92 valence electrons. The summed E-state index contributed by atoms with van der Waals surface area (Å²) in [6.45, 7) is 0.415. The molecule has 0 spiro atoms. The quantitative estimate of drug-likeness (QED) is 0.832. The highest BCUT2D eigenvalue weighted by atomic mass is 16.1. The van der Waals surface area contributed by atoms with E-state index in [1.54, 1.807) is 25.6 Å². The number of nitrogens with one attached hydrogen (secondary N) is 2. The summed E-state index contributed by atoms with van der Waals surface area (Å²) >= 11 is 0. The van der Waals surface area contributed by atoms with Crippen LogP contribution in [0.5, 0.6) is 0 Å². The number of carbonyl (C=O) groups is 1. The third kappa shape index (κ3) is 3.00. The van der Waals surface area contributed by atoms with Gasteiger partial charge in [0.2, 0.25) is 0 Å². The van der Waals surface area contributed by atoms with Gasteiger partial charge in [-0.15, -0.1) is 0 Å². The summed E-state index contributed by atoms with van der Waals surface area (Å²) in [5, 5.41) is 5.59. The maximum absolute atomic E-state index is 11.8. The summed E-state index contributed by atoms with van der Waals surface area (Å²) in [5.41, 5.74) is 1.22. The van der Waals surface area contributed by atoms with E-state index in [9.17, 15) is 4.79 Å². The van der Waals surface area contributed by atoms with E-state index in [0.717, 1.165) is 5.56 Å². The molecule has 0 aliphatic rings. The van der Waals surface area contributed by atoms with Crippen LogP contribution >= 0.6 is 0 Å². The molecule has 2 heterocycles. The van der Waals surface area contributed by atoms with Gasteiger partial charge < -0.3 is 10.6 Å². The predicted molar refractivity (Wildman–Crippen MR) is 67.0 cm³/mol. The fourth-order valence-corrected chi connectivity index (χ4v) is 1.37. The second-order valence-corrected chi connectivity index (χ2v) is 3.58. The number of anilines is 1. The van der Waals surface area contributed by atoms with Gasteiger partial charge in [-0.25, -0.2) is 4.98 Å². The van der Waals surface area contributed by atoms with Crippen LogP contribution in [0.2, 0.25) is 0 Å². The molecule has 2 aromatic rings. The molecule has 0 atom stereocenters. The first-order chi connectivity index (χ1) is 8.79. The topological polar surface area (TPSA) is 79.8 Å². The lowest BCUT2D eigenvalue weighted by atomic mass is 10.3. The Hall–Kier alpha value is -2.50. The van der Waals surface area contributed by atoms with Crippen LogP contribution < -0.4 is 10.6 Å². The molecule has 0 unspecified atom stereocenters. The van der Waals surface area contributed by atoms with E-state index in [1.165, 1.54) is 6.20 Å². The van der Waals surface area contributed by atoms with Gasteiger partial charge >= 0.3 is 0 Å². The van der Waals surface area contributed by atoms with Crippen molar-refractivity contribution in [2.75, 3.05) is 12.4 Å². The van der Waals surface area contributed by atoms with Gasteiger partial charge in [-0.05, 0) is 11.6 Å². The molecule has 0 radical (unpaired) electrons. The highest BCUT2D eigenvalue weighted by Crippen LogP contribution is 2.01. The number of hydrogen-bond acceptors (Lipinski definition) is 5. The summed E-state index contributed by atoms with van der Waals surface area (Å²) in [6, 6.07) is 3.71. The third-order valence-electron chi connectivity index (χ3n) is 2.30.